The van der Waals surface area contributed by atoms with Crippen LogP contribution in [0.3, 0.4) is 0 Å². The zero-order valence-electron chi connectivity index (χ0n) is 15.6. The topological polar surface area (TPSA) is 69.2 Å². The van der Waals surface area contributed by atoms with Gasteiger partial charge in [0.15, 0.2) is 11.5 Å². The third-order valence-corrected chi connectivity index (χ3v) is 4.10. The zero-order chi connectivity index (χ0) is 19.6. The first kappa shape index (κ1) is 20.8. The number of ether oxygens (including phenoxy) is 3. The van der Waals surface area contributed by atoms with Crippen molar-refractivity contribution in [3.8, 4) is 17.2 Å². The molecule has 0 heterocycles. The number of benzene rings is 2. The summed E-state index contributed by atoms with van der Waals surface area (Å²) in [4.78, 5) is 12.3. The molecule has 0 spiro atoms. The average molecular weight is 435 g/mol. The summed E-state index contributed by atoms with van der Waals surface area (Å²) in [6.45, 7) is 5.06. The molecule has 0 fully saturated rings. The molecular weight excluding hydrogens is 412 g/mol. The highest BCUT2D eigenvalue weighted by molar-refractivity contribution is 9.10. The van der Waals surface area contributed by atoms with Crippen molar-refractivity contribution in [3.63, 3.8) is 0 Å². The summed E-state index contributed by atoms with van der Waals surface area (Å²) in [6, 6.07) is 10.6. The number of methoxy groups -OCH3 is 1. The van der Waals surface area contributed by atoms with Gasteiger partial charge in [0.05, 0.1) is 36.6 Å². The summed E-state index contributed by atoms with van der Waals surface area (Å²) in [7, 11) is 1.52. The third-order valence-electron chi connectivity index (χ3n) is 3.51. The van der Waals surface area contributed by atoms with Crippen LogP contribution >= 0.6 is 15.9 Å². The zero-order valence-corrected chi connectivity index (χ0v) is 17.2. The van der Waals surface area contributed by atoms with Crippen LogP contribution < -0.4 is 19.6 Å². The predicted molar refractivity (Wildman–Crippen MR) is 109 cm³/mol. The van der Waals surface area contributed by atoms with Crippen molar-refractivity contribution in [2.24, 2.45) is 5.10 Å². The SMILES string of the molecule is CCCOc1c(Br)cc(/C=N/NC(=O)c2ccccc2OC)cc1OCC. The van der Waals surface area contributed by atoms with E-state index in [1.54, 1.807) is 30.5 Å². The molecule has 0 saturated heterocycles. The quantitative estimate of drug-likeness (QED) is 0.468. The largest absolute Gasteiger partial charge is 0.496 e. The Morgan fingerprint density at radius 3 is 2.67 bits per heavy atom. The highest BCUT2D eigenvalue weighted by Crippen LogP contribution is 2.36. The second-order valence-electron chi connectivity index (χ2n) is 5.51. The number of hydrazone groups is 1. The molecule has 0 radical (unpaired) electrons. The van der Waals surface area contributed by atoms with Gasteiger partial charge in [-0.15, -0.1) is 0 Å². The van der Waals surface area contributed by atoms with Gasteiger partial charge in [0.2, 0.25) is 0 Å². The molecule has 0 atom stereocenters. The summed E-state index contributed by atoms with van der Waals surface area (Å²) >= 11 is 3.50. The molecule has 6 nitrogen and oxygen atoms in total. The van der Waals surface area contributed by atoms with Crippen molar-refractivity contribution in [3.05, 3.63) is 52.0 Å². The van der Waals surface area contributed by atoms with E-state index in [0.717, 1.165) is 16.5 Å². The van der Waals surface area contributed by atoms with Gasteiger partial charge in [-0.2, -0.15) is 5.10 Å². The van der Waals surface area contributed by atoms with Crippen LogP contribution in [0.25, 0.3) is 0 Å². The maximum atomic E-state index is 12.3. The van der Waals surface area contributed by atoms with Gasteiger partial charge in [0, 0.05) is 0 Å². The van der Waals surface area contributed by atoms with Crippen molar-refractivity contribution >= 4 is 28.1 Å². The van der Waals surface area contributed by atoms with Crippen molar-refractivity contribution < 1.29 is 19.0 Å². The van der Waals surface area contributed by atoms with E-state index in [0.29, 0.717) is 36.0 Å². The Morgan fingerprint density at radius 1 is 1.19 bits per heavy atom. The molecule has 0 aliphatic rings. The number of para-hydroxylation sites is 1. The van der Waals surface area contributed by atoms with Crippen LogP contribution in [0.1, 0.15) is 36.2 Å². The van der Waals surface area contributed by atoms with Gasteiger partial charge < -0.3 is 14.2 Å². The van der Waals surface area contributed by atoms with Crippen LogP contribution in [0, 0.1) is 0 Å². The smallest absolute Gasteiger partial charge is 0.275 e. The Hall–Kier alpha value is -2.54. The normalized spacial score (nSPS) is 10.7. The maximum absolute atomic E-state index is 12.3. The standard InChI is InChI=1S/C20H23BrN2O4/c1-4-10-27-19-16(21)11-14(12-18(19)26-5-2)13-22-23-20(24)15-8-6-7-9-17(15)25-3/h6-9,11-13H,4-5,10H2,1-3H3,(H,23,24)/b22-13+. The Labute approximate surface area is 167 Å². The minimum absolute atomic E-state index is 0.351. The first-order valence-electron chi connectivity index (χ1n) is 8.66. The molecule has 0 aliphatic carbocycles. The Morgan fingerprint density at radius 2 is 1.96 bits per heavy atom. The Bertz CT molecular complexity index is 809. The predicted octanol–water partition coefficient (Wildman–Crippen LogP) is 4.41. The molecule has 0 aliphatic heterocycles. The highest BCUT2D eigenvalue weighted by Gasteiger charge is 2.12. The molecule has 0 saturated carbocycles. The molecule has 144 valence electrons. The fourth-order valence-electron chi connectivity index (χ4n) is 2.33. The molecule has 0 aromatic heterocycles. The van der Waals surface area contributed by atoms with Crippen molar-refractivity contribution in [1.82, 2.24) is 5.43 Å². The molecule has 27 heavy (non-hydrogen) atoms. The molecule has 2 rings (SSSR count). The fourth-order valence-corrected chi connectivity index (χ4v) is 2.90. The van der Waals surface area contributed by atoms with Crippen LogP contribution in [-0.2, 0) is 0 Å². The number of carbonyl (C=O) groups excluding carboxylic acids is 1. The van der Waals surface area contributed by atoms with Gasteiger partial charge in [-0.25, -0.2) is 5.43 Å². The van der Waals surface area contributed by atoms with E-state index in [2.05, 4.69) is 26.5 Å². The van der Waals surface area contributed by atoms with Gasteiger partial charge in [0.25, 0.3) is 5.91 Å². The van der Waals surface area contributed by atoms with Gasteiger partial charge in [-0.3, -0.25) is 4.79 Å². The van der Waals surface area contributed by atoms with E-state index in [-0.39, 0.29) is 5.91 Å². The third kappa shape index (κ3) is 5.72. The summed E-state index contributed by atoms with van der Waals surface area (Å²) in [6.07, 6.45) is 2.44. The number of amides is 1. The molecule has 2 aromatic rings. The summed E-state index contributed by atoms with van der Waals surface area (Å²) in [5.41, 5.74) is 3.68. The molecule has 0 bridgehead atoms. The van der Waals surface area contributed by atoms with Gasteiger partial charge >= 0.3 is 0 Å². The van der Waals surface area contributed by atoms with Gasteiger partial charge in [-0.1, -0.05) is 19.1 Å². The van der Waals surface area contributed by atoms with E-state index in [1.807, 2.05) is 26.0 Å². The number of halogens is 1. The number of rotatable bonds is 9. The van der Waals surface area contributed by atoms with Crippen molar-refractivity contribution in [1.29, 1.82) is 0 Å². The van der Waals surface area contributed by atoms with E-state index in [1.165, 1.54) is 7.11 Å². The second kappa shape index (κ2) is 10.6. The summed E-state index contributed by atoms with van der Waals surface area (Å²) in [5.74, 6) is 1.42. The van der Waals surface area contributed by atoms with Crippen LogP contribution in [0.5, 0.6) is 17.2 Å². The minimum atomic E-state index is -0.351. The van der Waals surface area contributed by atoms with Gasteiger partial charge in [-0.05, 0) is 59.1 Å². The number of nitrogens with zero attached hydrogens (tertiary/aromatic N) is 1. The van der Waals surface area contributed by atoms with Crippen molar-refractivity contribution in [2.45, 2.75) is 20.3 Å². The number of hydrogen-bond acceptors (Lipinski definition) is 5. The second-order valence-corrected chi connectivity index (χ2v) is 6.37. The van der Waals surface area contributed by atoms with Crippen LogP contribution in [0.4, 0.5) is 0 Å². The summed E-state index contributed by atoms with van der Waals surface area (Å²) in [5, 5.41) is 4.03. The first-order chi connectivity index (χ1) is 13.1. The van der Waals surface area contributed by atoms with Crippen LogP contribution in [-0.4, -0.2) is 32.4 Å². The van der Waals surface area contributed by atoms with E-state index >= 15 is 0 Å². The number of carbonyl (C=O) groups is 1. The van der Waals surface area contributed by atoms with Gasteiger partial charge in [0.1, 0.15) is 5.75 Å². The number of nitrogens with one attached hydrogen (secondary N) is 1. The van der Waals surface area contributed by atoms with E-state index < -0.39 is 0 Å². The highest BCUT2D eigenvalue weighted by atomic mass is 79.9. The average Bonchev–Trinajstić information content (AvgIpc) is 2.67. The molecular formula is C20H23BrN2O4. The van der Waals surface area contributed by atoms with E-state index in [9.17, 15) is 4.79 Å². The lowest BCUT2D eigenvalue weighted by molar-refractivity contribution is 0.0952. The Balaban J connectivity index is 2.15. The molecule has 0 unspecified atom stereocenters. The molecule has 1 N–H and O–H groups in total. The van der Waals surface area contributed by atoms with Crippen LogP contribution in [0.15, 0.2) is 46.0 Å². The molecule has 1 amide bonds. The van der Waals surface area contributed by atoms with Crippen LogP contribution in [0.2, 0.25) is 0 Å². The number of hydrogen-bond donors (Lipinski definition) is 1. The fraction of sp³-hybridized carbons (Fsp3) is 0.300. The first-order valence-corrected chi connectivity index (χ1v) is 9.45. The molecule has 2 aromatic carbocycles. The minimum Gasteiger partial charge on any atom is -0.496 e. The molecule has 7 heteroatoms. The monoisotopic (exact) mass is 434 g/mol. The van der Waals surface area contributed by atoms with Crippen molar-refractivity contribution in [2.75, 3.05) is 20.3 Å². The lowest BCUT2D eigenvalue weighted by Gasteiger charge is -2.14. The summed E-state index contributed by atoms with van der Waals surface area (Å²) < 4.78 is 17.4. The lowest BCUT2D eigenvalue weighted by atomic mass is 10.2. The lowest BCUT2D eigenvalue weighted by Crippen LogP contribution is -2.18. The van der Waals surface area contributed by atoms with E-state index in [4.69, 9.17) is 14.2 Å². The maximum Gasteiger partial charge on any atom is 0.275 e. The Kier molecular flexibility index (Phi) is 8.13.